The van der Waals surface area contributed by atoms with Gasteiger partial charge < -0.3 is 0 Å². The first-order chi connectivity index (χ1) is 8.27. The first kappa shape index (κ1) is 11.7. The summed E-state index contributed by atoms with van der Waals surface area (Å²) in [4.78, 5) is 0. The molecule has 0 aromatic heterocycles. The number of rotatable bonds is 3. The van der Waals surface area contributed by atoms with Crippen molar-refractivity contribution in [3.63, 3.8) is 0 Å². The second kappa shape index (κ2) is 5.51. The molecular weight excluding hydrogens is 232 g/mol. The summed E-state index contributed by atoms with van der Waals surface area (Å²) in [6.45, 7) is 2.05. The molecule has 0 heterocycles. The Hall–Kier alpha value is -1.80. The van der Waals surface area contributed by atoms with Crippen LogP contribution < -0.4 is 5.43 Å². The van der Waals surface area contributed by atoms with E-state index < -0.39 is 0 Å². The summed E-state index contributed by atoms with van der Waals surface area (Å²) in [5.41, 5.74) is 6.01. The fraction of sp³-hybridized carbons (Fsp3) is 0.0714. The average molecular weight is 245 g/mol. The van der Waals surface area contributed by atoms with Crippen molar-refractivity contribution in [1.82, 2.24) is 0 Å². The van der Waals surface area contributed by atoms with Crippen molar-refractivity contribution in [1.29, 1.82) is 0 Å². The van der Waals surface area contributed by atoms with Gasteiger partial charge in [-0.3, -0.25) is 5.43 Å². The van der Waals surface area contributed by atoms with Crippen molar-refractivity contribution >= 4 is 23.5 Å². The van der Waals surface area contributed by atoms with Crippen LogP contribution in [0.25, 0.3) is 0 Å². The van der Waals surface area contributed by atoms with Gasteiger partial charge in [0.05, 0.1) is 16.9 Å². The molecule has 0 saturated heterocycles. The summed E-state index contributed by atoms with van der Waals surface area (Å²) in [7, 11) is 0. The average Bonchev–Trinajstić information content (AvgIpc) is 2.34. The van der Waals surface area contributed by atoms with Crippen LogP contribution in [0.2, 0.25) is 5.02 Å². The van der Waals surface area contributed by atoms with E-state index in [1.165, 1.54) is 5.56 Å². The summed E-state index contributed by atoms with van der Waals surface area (Å²) in [6.07, 6.45) is 1.79. The Bertz CT molecular complexity index is 535. The molecule has 86 valence electrons. The van der Waals surface area contributed by atoms with Gasteiger partial charge in [0.25, 0.3) is 0 Å². The zero-order valence-corrected chi connectivity index (χ0v) is 10.3. The van der Waals surface area contributed by atoms with Gasteiger partial charge in [-0.1, -0.05) is 48.0 Å². The molecule has 3 heteroatoms. The van der Waals surface area contributed by atoms with Crippen LogP contribution in [-0.2, 0) is 0 Å². The lowest BCUT2D eigenvalue weighted by Crippen LogP contribution is -1.92. The summed E-state index contributed by atoms with van der Waals surface area (Å²) < 4.78 is 0. The Balaban J connectivity index is 2.09. The van der Waals surface area contributed by atoms with Crippen LogP contribution in [-0.4, -0.2) is 6.21 Å². The van der Waals surface area contributed by atoms with E-state index in [9.17, 15) is 0 Å². The van der Waals surface area contributed by atoms with Crippen molar-refractivity contribution < 1.29 is 0 Å². The van der Waals surface area contributed by atoms with E-state index in [2.05, 4.69) is 23.5 Å². The maximum atomic E-state index is 6.00. The predicted octanol–water partition coefficient (Wildman–Crippen LogP) is 4.09. The quantitative estimate of drug-likeness (QED) is 0.638. The third-order valence-corrected chi connectivity index (χ3v) is 2.78. The van der Waals surface area contributed by atoms with E-state index in [0.29, 0.717) is 5.02 Å². The van der Waals surface area contributed by atoms with E-state index in [4.69, 9.17) is 11.6 Å². The number of hydrazone groups is 1. The highest BCUT2D eigenvalue weighted by Gasteiger charge is 1.95. The number of anilines is 1. The van der Waals surface area contributed by atoms with Gasteiger partial charge in [-0.15, -0.1) is 0 Å². The molecule has 0 radical (unpaired) electrons. The highest BCUT2D eigenvalue weighted by Crippen LogP contribution is 2.20. The lowest BCUT2D eigenvalue weighted by Gasteiger charge is -2.02. The molecule has 17 heavy (non-hydrogen) atoms. The van der Waals surface area contributed by atoms with Gasteiger partial charge in [0.2, 0.25) is 0 Å². The molecule has 2 aromatic carbocycles. The second-order valence-corrected chi connectivity index (χ2v) is 4.11. The standard InChI is InChI=1S/C14H13ClN2/c1-11-6-2-3-7-12(11)10-16-17-14-9-5-4-8-13(14)15/h2-10,17H,1H3/b16-10+. The summed E-state index contributed by atoms with van der Waals surface area (Å²) in [5.74, 6) is 0. The van der Waals surface area contributed by atoms with E-state index >= 15 is 0 Å². The molecule has 0 amide bonds. The third kappa shape index (κ3) is 3.08. The van der Waals surface area contributed by atoms with E-state index in [1.54, 1.807) is 6.21 Å². The molecule has 2 aromatic rings. The first-order valence-electron chi connectivity index (χ1n) is 5.36. The second-order valence-electron chi connectivity index (χ2n) is 3.71. The Morgan fingerprint density at radius 2 is 1.76 bits per heavy atom. The highest BCUT2D eigenvalue weighted by molar-refractivity contribution is 6.33. The molecule has 0 atom stereocenters. The van der Waals surface area contributed by atoms with Gasteiger partial charge in [0.15, 0.2) is 0 Å². The molecule has 0 unspecified atom stereocenters. The molecule has 2 nitrogen and oxygen atoms in total. The number of benzene rings is 2. The van der Waals surface area contributed by atoms with Gasteiger partial charge in [-0.05, 0) is 30.2 Å². The Morgan fingerprint density at radius 1 is 1.06 bits per heavy atom. The number of nitrogens with zero attached hydrogens (tertiary/aromatic N) is 1. The van der Waals surface area contributed by atoms with Crippen molar-refractivity contribution in [3.8, 4) is 0 Å². The van der Waals surface area contributed by atoms with Crippen LogP contribution in [0, 0.1) is 6.92 Å². The van der Waals surface area contributed by atoms with E-state index in [-0.39, 0.29) is 0 Å². The SMILES string of the molecule is Cc1ccccc1/C=N/Nc1ccccc1Cl. The normalized spacial score (nSPS) is 10.7. The summed E-state index contributed by atoms with van der Waals surface area (Å²) in [6, 6.07) is 15.6. The topological polar surface area (TPSA) is 24.4 Å². The molecule has 0 aliphatic heterocycles. The zero-order valence-electron chi connectivity index (χ0n) is 9.52. The van der Waals surface area contributed by atoms with Crippen molar-refractivity contribution in [2.45, 2.75) is 6.92 Å². The molecule has 2 rings (SSSR count). The monoisotopic (exact) mass is 244 g/mol. The van der Waals surface area contributed by atoms with Crippen LogP contribution in [0.4, 0.5) is 5.69 Å². The minimum atomic E-state index is 0.662. The predicted molar refractivity (Wildman–Crippen MR) is 73.8 cm³/mol. The fourth-order valence-electron chi connectivity index (χ4n) is 1.45. The number of aryl methyl sites for hydroxylation is 1. The van der Waals surface area contributed by atoms with Gasteiger partial charge >= 0.3 is 0 Å². The van der Waals surface area contributed by atoms with Crippen LogP contribution in [0.3, 0.4) is 0 Å². The van der Waals surface area contributed by atoms with Crippen LogP contribution in [0.5, 0.6) is 0 Å². The molecule has 1 N–H and O–H groups in total. The summed E-state index contributed by atoms with van der Waals surface area (Å²) >= 11 is 6.00. The van der Waals surface area contributed by atoms with Gasteiger partial charge in [0.1, 0.15) is 0 Å². The molecular formula is C14H13ClN2. The lowest BCUT2D eigenvalue weighted by atomic mass is 10.1. The van der Waals surface area contributed by atoms with Gasteiger partial charge in [-0.25, -0.2) is 0 Å². The Labute approximate surface area is 106 Å². The van der Waals surface area contributed by atoms with Crippen LogP contribution in [0.15, 0.2) is 53.6 Å². The number of hydrogen-bond acceptors (Lipinski definition) is 2. The molecule has 0 bridgehead atoms. The highest BCUT2D eigenvalue weighted by atomic mass is 35.5. The van der Waals surface area contributed by atoms with Crippen LogP contribution >= 0.6 is 11.6 Å². The Kier molecular flexibility index (Phi) is 3.78. The van der Waals surface area contributed by atoms with E-state index in [0.717, 1.165) is 11.3 Å². The van der Waals surface area contributed by atoms with Crippen molar-refractivity contribution in [2.75, 3.05) is 5.43 Å². The molecule has 0 spiro atoms. The number of hydrogen-bond donors (Lipinski definition) is 1. The minimum absolute atomic E-state index is 0.662. The van der Waals surface area contributed by atoms with Crippen molar-refractivity contribution in [2.24, 2.45) is 5.10 Å². The van der Waals surface area contributed by atoms with Crippen molar-refractivity contribution in [3.05, 3.63) is 64.7 Å². The number of nitrogens with one attached hydrogen (secondary N) is 1. The van der Waals surface area contributed by atoms with Crippen LogP contribution in [0.1, 0.15) is 11.1 Å². The maximum Gasteiger partial charge on any atom is 0.0748 e. The largest absolute Gasteiger partial charge is 0.277 e. The molecule has 0 aliphatic rings. The first-order valence-corrected chi connectivity index (χ1v) is 5.74. The maximum absolute atomic E-state index is 6.00. The van der Waals surface area contributed by atoms with Gasteiger partial charge in [0, 0.05) is 0 Å². The lowest BCUT2D eigenvalue weighted by molar-refractivity contribution is 1.34. The number of para-hydroxylation sites is 1. The minimum Gasteiger partial charge on any atom is -0.277 e. The molecule has 0 aliphatic carbocycles. The Morgan fingerprint density at radius 3 is 2.53 bits per heavy atom. The smallest absolute Gasteiger partial charge is 0.0748 e. The molecule has 0 saturated carbocycles. The zero-order chi connectivity index (χ0) is 12.1. The van der Waals surface area contributed by atoms with E-state index in [1.807, 2.05) is 42.5 Å². The van der Waals surface area contributed by atoms with Gasteiger partial charge in [-0.2, -0.15) is 5.10 Å². The fourth-order valence-corrected chi connectivity index (χ4v) is 1.63. The summed E-state index contributed by atoms with van der Waals surface area (Å²) in [5, 5.41) is 4.84. The number of halogens is 1. The third-order valence-electron chi connectivity index (χ3n) is 2.45. The molecule has 0 fully saturated rings.